The van der Waals surface area contributed by atoms with Crippen molar-refractivity contribution in [3.63, 3.8) is 0 Å². The number of rotatable bonds is 0. The summed E-state index contributed by atoms with van der Waals surface area (Å²) in [4.78, 5) is 28.8. The molecule has 2 rings (SSSR count). The summed E-state index contributed by atoms with van der Waals surface area (Å²) in [6.07, 6.45) is 0. The SMILES string of the molecule is Cn1c(=O)c(=O)[nH]c2nc(C#N)c(Br)cc21. The molecule has 0 unspecified atom stereocenters. The summed E-state index contributed by atoms with van der Waals surface area (Å²) in [6, 6.07) is 3.44. The summed E-state index contributed by atoms with van der Waals surface area (Å²) in [5, 5.41) is 8.77. The van der Waals surface area contributed by atoms with E-state index >= 15 is 0 Å². The van der Waals surface area contributed by atoms with Crippen molar-refractivity contribution in [2.24, 2.45) is 7.05 Å². The van der Waals surface area contributed by atoms with Gasteiger partial charge in [-0.3, -0.25) is 9.59 Å². The summed E-state index contributed by atoms with van der Waals surface area (Å²) in [5.41, 5.74) is -0.594. The average molecular weight is 281 g/mol. The Bertz CT molecular complexity index is 738. The highest BCUT2D eigenvalue weighted by atomic mass is 79.9. The van der Waals surface area contributed by atoms with Gasteiger partial charge in [-0.05, 0) is 22.0 Å². The maximum Gasteiger partial charge on any atom is 0.316 e. The number of nitrogens with one attached hydrogen (secondary N) is 1. The van der Waals surface area contributed by atoms with E-state index in [1.165, 1.54) is 11.6 Å². The predicted molar refractivity (Wildman–Crippen MR) is 60.0 cm³/mol. The number of aromatic nitrogens is 3. The number of nitrogens with zero attached hydrogens (tertiary/aromatic N) is 3. The molecule has 7 heteroatoms. The molecule has 0 atom stereocenters. The van der Waals surface area contributed by atoms with Gasteiger partial charge in [0, 0.05) is 7.05 Å². The molecule has 2 aromatic heterocycles. The van der Waals surface area contributed by atoms with Crippen molar-refractivity contribution >= 4 is 27.1 Å². The monoisotopic (exact) mass is 280 g/mol. The second-order valence-corrected chi connectivity index (χ2v) is 3.97. The summed E-state index contributed by atoms with van der Waals surface area (Å²) in [6.45, 7) is 0. The minimum Gasteiger partial charge on any atom is -0.304 e. The quantitative estimate of drug-likeness (QED) is 0.701. The summed E-state index contributed by atoms with van der Waals surface area (Å²) in [5.74, 6) is 0. The standard InChI is InChI=1S/C9H5BrN4O2/c1-14-6-2-4(10)5(3-11)12-7(6)13-8(15)9(14)16/h2H,1H3,(H,12,13,15). The van der Waals surface area contributed by atoms with Crippen molar-refractivity contribution in [1.82, 2.24) is 14.5 Å². The number of fused-ring (bicyclic) bond motifs is 1. The number of hydrogen-bond donors (Lipinski definition) is 1. The van der Waals surface area contributed by atoms with Gasteiger partial charge in [-0.2, -0.15) is 5.26 Å². The van der Waals surface area contributed by atoms with Crippen LogP contribution in [-0.2, 0) is 7.05 Å². The van der Waals surface area contributed by atoms with Crippen LogP contribution in [0.1, 0.15) is 5.69 Å². The lowest BCUT2D eigenvalue weighted by molar-refractivity contribution is 0.867. The Hall–Kier alpha value is -1.94. The minimum absolute atomic E-state index is 0.154. The van der Waals surface area contributed by atoms with Gasteiger partial charge in [-0.25, -0.2) is 4.98 Å². The first-order valence-electron chi connectivity index (χ1n) is 4.24. The number of nitriles is 1. The first kappa shape index (κ1) is 10.6. The first-order valence-corrected chi connectivity index (χ1v) is 5.03. The lowest BCUT2D eigenvalue weighted by Gasteiger charge is -2.04. The minimum atomic E-state index is -0.756. The van der Waals surface area contributed by atoms with Gasteiger partial charge in [0.25, 0.3) is 0 Å². The molecule has 6 nitrogen and oxygen atoms in total. The molecule has 2 aromatic rings. The maximum absolute atomic E-state index is 11.4. The van der Waals surface area contributed by atoms with Gasteiger partial charge in [-0.15, -0.1) is 0 Å². The van der Waals surface area contributed by atoms with Crippen LogP contribution in [0.4, 0.5) is 0 Å². The summed E-state index contributed by atoms with van der Waals surface area (Å²) >= 11 is 3.16. The van der Waals surface area contributed by atoms with Crippen LogP contribution in [-0.4, -0.2) is 14.5 Å². The van der Waals surface area contributed by atoms with E-state index in [1.54, 1.807) is 6.07 Å². The fraction of sp³-hybridized carbons (Fsp3) is 0.111. The number of pyridine rings is 1. The smallest absolute Gasteiger partial charge is 0.304 e. The van der Waals surface area contributed by atoms with E-state index in [1.807, 2.05) is 6.07 Å². The molecular formula is C9H5BrN4O2. The molecule has 0 saturated heterocycles. The van der Waals surface area contributed by atoms with Crippen LogP contribution >= 0.6 is 15.9 Å². The molecule has 0 aromatic carbocycles. The van der Waals surface area contributed by atoms with Crippen molar-refractivity contribution in [2.45, 2.75) is 0 Å². The zero-order valence-corrected chi connectivity index (χ0v) is 9.70. The Labute approximate surface area is 97.3 Å². The third kappa shape index (κ3) is 1.44. The fourth-order valence-electron chi connectivity index (χ4n) is 1.33. The zero-order chi connectivity index (χ0) is 11.9. The lowest BCUT2D eigenvalue weighted by atomic mass is 10.3. The molecule has 0 aliphatic carbocycles. The summed E-state index contributed by atoms with van der Waals surface area (Å²) < 4.78 is 1.66. The highest BCUT2D eigenvalue weighted by Gasteiger charge is 2.09. The van der Waals surface area contributed by atoms with E-state index in [-0.39, 0.29) is 11.3 Å². The third-order valence-corrected chi connectivity index (χ3v) is 2.76. The van der Waals surface area contributed by atoms with Gasteiger partial charge in [0.2, 0.25) is 0 Å². The van der Waals surface area contributed by atoms with Crippen LogP contribution in [0.2, 0.25) is 0 Å². The molecule has 80 valence electrons. The van der Waals surface area contributed by atoms with Crippen LogP contribution < -0.4 is 11.1 Å². The third-order valence-electron chi connectivity index (χ3n) is 2.15. The second-order valence-electron chi connectivity index (χ2n) is 3.12. The number of H-pyrrole nitrogens is 1. The van der Waals surface area contributed by atoms with Crippen molar-refractivity contribution < 1.29 is 0 Å². The molecule has 1 N–H and O–H groups in total. The molecule has 0 fully saturated rings. The van der Waals surface area contributed by atoms with E-state index in [9.17, 15) is 9.59 Å². The van der Waals surface area contributed by atoms with Gasteiger partial charge < -0.3 is 9.55 Å². The largest absolute Gasteiger partial charge is 0.316 e. The average Bonchev–Trinajstić information content (AvgIpc) is 2.27. The molecule has 0 amide bonds. The van der Waals surface area contributed by atoms with Crippen molar-refractivity contribution in [2.75, 3.05) is 0 Å². The van der Waals surface area contributed by atoms with Gasteiger partial charge in [0.1, 0.15) is 6.07 Å². The Morgan fingerprint density at radius 3 is 2.88 bits per heavy atom. The Morgan fingerprint density at radius 2 is 2.25 bits per heavy atom. The Balaban J connectivity index is 3.05. The molecule has 16 heavy (non-hydrogen) atoms. The molecule has 0 aliphatic heterocycles. The fourth-order valence-corrected chi connectivity index (χ4v) is 1.72. The predicted octanol–water partition coefficient (Wildman–Crippen LogP) is 0.256. The van der Waals surface area contributed by atoms with Crippen molar-refractivity contribution in [3.8, 4) is 6.07 Å². The molecule has 0 spiro atoms. The van der Waals surface area contributed by atoms with E-state index in [0.717, 1.165) is 0 Å². The van der Waals surface area contributed by atoms with Crippen LogP contribution in [0.25, 0.3) is 11.2 Å². The van der Waals surface area contributed by atoms with Gasteiger partial charge >= 0.3 is 11.1 Å². The van der Waals surface area contributed by atoms with Crippen LogP contribution in [0.3, 0.4) is 0 Å². The van der Waals surface area contributed by atoms with Crippen LogP contribution in [0.5, 0.6) is 0 Å². The van der Waals surface area contributed by atoms with E-state index in [4.69, 9.17) is 5.26 Å². The van der Waals surface area contributed by atoms with Gasteiger partial charge in [0.15, 0.2) is 11.3 Å². The maximum atomic E-state index is 11.4. The first-order chi connectivity index (χ1) is 7.54. The highest BCUT2D eigenvalue weighted by molar-refractivity contribution is 9.10. The molecule has 0 saturated carbocycles. The van der Waals surface area contributed by atoms with E-state index < -0.39 is 11.1 Å². The number of halogens is 1. The molecule has 0 radical (unpaired) electrons. The van der Waals surface area contributed by atoms with Crippen LogP contribution in [0.15, 0.2) is 20.1 Å². The van der Waals surface area contributed by atoms with Gasteiger partial charge in [-0.1, -0.05) is 0 Å². The molecule has 0 bridgehead atoms. The topological polar surface area (TPSA) is 91.5 Å². The lowest BCUT2D eigenvalue weighted by Crippen LogP contribution is -2.35. The van der Waals surface area contributed by atoms with E-state index in [2.05, 4.69) is 25.9 Å². The molecule has 0 aliphatic rings. The van der Waals surface area contributed by atoms with E-state index in [0.29, 0.717) is 9.99 Å². The normalized spacial score (nSPS) is 10.3. The number of hydrogen-bond acceptors (Lipinski definition) is 4. The molecular weight excluding hydrogens is 276 g/mol. The highest BCUT2D eigenvalue weighted by Crippen LogP contribution is 2.17. The van der Waals surface area contributed by atoms with Crippen LogP contribution in [0, 0.1) is 11.3 Å². The number of aryl methyl sites for hydroxylation is 1. The second kappa shape index (κ2) is 3.57. The number of aromatic amines is 1. The van der Waals surface area contributed by atoms with Crippen molar-refractivity contribution in [3.05, 3.63) is 36.9 Å². The van der Waals surface area contributed by atoms with Gasteiger partial charge in [0.05, 0.1) is 9.99 Å². The zero-order valence-electron chi connectivity index (χ0n) is 8.11. The Morgan fingerprint density at radius 1 is 1.56 bits per heavy atom. The molecule has 2 heterocycles. The van der Waals surface area contributed by atoms with Crippen molar-refractivity contribution in [1.29, 1.82) is 5.26 Å². The Kier molecular flexibility index (Phi) is 2.36. The summed E-state index contributed by atoms with van der Waals surface area (Å²) in [7, 11) is 1.47.